The fourth-order valence-electron chi connectivity index (χ4n) is 4.14. The molecule has 0 bridgehead atoms. The van der Waals surface area contributed by atoms with E-state index in [1.54, 1.807) is 29.2 Å². The first kappa shape index (κ1) is 26.6. The number of carbonyl (C=O) groups excluding carboxylic acids is 2. The van der Waals surface area contributed by atoms with E-state index in [1.165, 1.54) is 0 Å². The lowest BCUT2D eigenvalue weighted by Crippen LogP contribution is -2.49. The van der Waals surface area contributed by atoms with Crippen LogP contribution in [0, 0.1) is 8.98 Å². The topological polar surface area (TPSA) is 121 Å². The van der Waals surface area contributed by atoms with Gasteiger partial charge in [0.05, 0.1) is 12.6 Å². The molecule has 9 heteroatoms. The maximum absolute atomic E-state index is 13.0. The number of amidine groups is 1. The van der Waals surface area contributed by atoms with Gasteiger partial charge in [-0.3, -0.25) is 15.0 Å². The van der Waals surface area contributed by atoms with Gasteiger partial charge in [0.1, 0.15) is 17.3 Å². The second kappa shape index (κ2) is 12.7. The number of halogens is 1. The monoisotopic (exact) mass is 611 g/mol. The molecule has 1 atom stereocenters. The number of ether oxygens (including phenoxy) is 1. The van der Waals surface area contributed by atoms with E-state index < -0.39 is 6.04 Å². The fourth-order valence-corrected chi connectivity index (χ4v) is 4.50. The molecular formula is C28H30IN5O3. The predicted molar refractivity (Wildman–Crippen MR) is 153 cm³/mol. The summed E-state index contributed by atoms with van der Waals surface area (Å²) in [5, 5.41) is 14.6. The summed E-state index contributed by atoms with van der Waals surface area (Å²) in [5.74, 6) is 1.13. The molecule has 192 valence electrons. The summed E-state index contributed by atoms with van der Waals surface area (Å²) in [6.07, 6.45) is 2.34. The van der Waals surface area contributed by atoms with Crippen LogP contribution >= 0.6 is 22.6 Å². The smallest absolute Gasteiger partial charge is 0.251 e. The number of likely N-dealkylation sites (tertiary alicyclic amines) is 1. The molecule has 0 aliphatic carbocycles. The minimum absolute atomic E-state index is 0.0443. The standard InChI is InChI=1S/C28H30IN5O3/c29-21-9-13-24(14-10-21)37-23-11-7-20(8-12-23)28(36)33-25-6-1-2-15-34(27(25)31)18-26(35)32-22-5-3-4-19(16-22)17-30/h3-5,7-14,16,25,31H,1-2,6,15,17-18,30H2,(H,32,35)(H,33,36). The van der Waals surface area contributed by atoms with Crippen LogP contribution in [0.5, 0.6) is 11.5 Å². The molecule has 1 saturated heterocycles. The molecular weight excluding hydrogens is 581 g/mol. The van der Waals surface area contributed by atoms with Gasteiger partial charge in [-0.25, -0.2) is 0 Å². The van der Waals surface area contributed by atoms with Gasteiger partial charge in [-0.1, -0.05) is 12.1 Å². The molecule has 0 spiro atoms. The van der Waals surface area contributed by atoms with Crippen LogP contribution in [-0.4, -0.2) is 41.7 Å². The summed E-state index contributed by atoms with van der Waals surface area (Å²) < 4.78 is 6.96. The molecule has 0 saturated carbocycles. The van der Waals surface area contributed by atoms with E-state index in [-0.39, 0.29) is 24.2 Å². The third-order valence-corrected chi connectivity index (χ3v) is 6.81. The van der Waals surface area contributed by atoms with E-state index in [4.69, 9.17) is 15.9 Å². The van der Waals surface area contributed by atoms with Gasteiger partial charge in [0.2, 0.25) is 5.91 Å². The molecule has 8 nitrogen and oxygen atoms in total. The van der Waals surface area contributed by atoms with E-state index in [1.807, 2.05) is 48.5 Å². The molecule has 1 aliphatic heterocycles. The highest BCUT2D eigenvalue weighted by molar-refractivity contribution is 14.1. The average Bonchev–Trinajstić information content (AvgIpc) is 3.07. The van der Waals surface area contributed by atoms with Gasteiger partial charge < -0.3 is 26.0 Å². The van der Waals surface area contributed by atoms with Crippen LogP contribution in [0.1, 0.15) is 35.2 Å². The largest absolute Gasteiger partial charge is 0.457 e. The van der Waals surface area contributed by atoms with E-state index in [0.29, 0.717) is 36.5 Å². The summed E-state index contributed by atoms with van der Waals surface area (Å²) in [4.78, 5) is 27.4. The summed E-state index contributed by atoms with van der Waals surface area (Å²) in [6, 6.07) is 21.6. The Morgan fingerprint density at radius 3 is 2.43 bits per heavy atom. The van der Waals surface area contributed by atoms with Crippen molar-refractivity contribution in [2.24, 2.45) is 5.73 Å². The Kier molecular flexibility index (Phi) is 9.13. The molecule has 0 radical (unpaired) electrons. The van der Waals surface area contributed by atoms with Crippen LogP contribution < -0.4 is 21.1 Å². The van der Waals surface area contributed by atoms with Crippen molar-refractivity contribution in [3.63, 3.8) is 0 Å². The molecule has 37 heavy (non-hydrogen) atoms. The number of amides is 2. The molecule has 3 aromatic carbocycles. The number of benzene rings is 3. The Labute approximate surface area is 230 Å². The third kappa shape index (κ3) is 7.53. The first-order valence-corrected chi connectivity index (χ1v) is 13.3. The Hall–Kier alpha value is -3.44. The van der Waals surface area contributed by atoms with Gasteiger partial charge >= 0.3 is 0 Å². The molecule has 1 fully saturated rings. The molecule has 2 amide bonds. The molecule has 4 rings (SSSR count). The minimum atomic E-state index is -0.467. The van der Waals surface area contributed by atoms with Crippen molar-refractivity contribution in [1.82, 2.24) is 10.2 Å². The number of carbonyl (C=O) groups is 2. The predicted octanol–water partition coefficient (Wildman–Crippen LogP) is 4.74. The van der Waals surface area contributed by atoms with Gasteiger partial charge in [-0.15, -0.1) is 0 Å². The Balaban J connectivity index is 1.34. The first-order chi connectivity index (χ1) is 17.9. The van der Waals surface area contributed by atoms with Crippen molar-refractivity contribution in [3.05, 3.63) is 87.5 Å². The zero-order valence-corrected chi connectivity index (χ0v) is 22.5. The maximum atomic E-state index is 13.0. The second-order valence-corrected chi connectivity index (χ2v) is 10.1. The van der Waals surface area contributed by atoms with Crippen LogP contribution in [0.25, 0.3) is 0 Å². The van der Waals surface area contributed by atoms with Gasteiger partial charge in [0, 0.05) is 27.9 Å². The number of rotatable bonds is 8. The third-order valence-electron chi connectivity index (χ3n) is 6.09. The number of nitrogens with one attached hydrogen (secondary N) is 3. The highest BCUT2D eigenvalue weighted by Gasteiger charge is 2.27. The van der Waals surface area contributed by atoms with Crippen LogP contribution in [0.4, 0.5) is 5.69 Å². The number of nitrogens with zero attached hydrogens (tertiary/aromatic N) is 1. The van der Waals surface area contributed by atoms with Crippen LogP contribution in [0.2, 0.25) is 0 Å². The van der Waals surface area contributed by atoms with E-state index in [2.05, 4.69) is 33.2 Å². The lowest BCUT2D eigenvalue weighted by atomic mass is 10.1. The van der Waals surface area contributed by atoms with Crippen LogP contribution in [-0.2, 0) is 11.3 Å². The SMILES string of the molecule is N=C1C(NC(=O)c2ccc(Oc3ccc(I)cc3)cc2)CCCCN1CC(=O)Nc1cccc(CN)c1. The number of hydrogen-bond acceptors (Lipinski definition) is 5. The zero-order chi connectivity index (χ0) is 26.2. The average molecular weight is 611 g/mol. The zero-order valence-electron chi connectivity index (χ0n) is 20.4. The van der Waals surface area contributed by atoms with Crippen molar-refractivity contribution in [2.45, 2.75) is 31.8 Å². The van der Waals surface area contributed by atoms with Gasteiger partial charge in [-0.05, 0) is 108 Å². The van der Waals surface area contributed by atoms with Gasteiger partial charge in [0.15, 0.2) is 0 Å². The van der Waals surface area contributed by atoms with Gasteiger partial charge in [-0.2, -0.15) is 0 Å². The Morgan fingerprint density at radius 1 is 1.03 bits per heavy atom. The van der Waals surface area contributed by atoms with Crippen molar-refractivity contribution in [3.8, 4) is 11.5 Å². The van der Waals surface area contributed by atoms with Crippen molar-refractivity contribution >= 4 is 45.9 Å². The number of nitrogens with two attached hydrogens (primary N) is 1. The van der Waals surface area contributed by atoms with Crippen molar-refractivity contribution in [2.75, 3.05) is 18.4 Å². The molecule has 1 heterocycles. The summed E-state index contributed by atoms with van der Waals surface area (Å²) in [7, 11) is 0. The summed E-state index contributed by atoms with van der Waals surface area (Å²) in [6.45, 7) is 1.03. The maximum Gasteiger partial charge on any atom is 0.251 e. The Morgan fingerprint density at radius 2 is 1.73 bits per heavy atom. The van der Waals surface area contributed by atoms with E-state index in [9.17, 15) is 9.59 Å². The van der Waals surface area contributed by atoms with Crippen molar-refractivity contribution < 1.29 is 14.3 Å². The normalized spacial score (nSPS) is 15.6. The number of anilines is 1. The molecule has 3 aromatic rings. The van der Waals surface area contributed by atoms with Crippen LogP contribution in [0.3, 0.4) is 0 Å². The van der Waals surface area contributed by atoms with Crippen LogP contribution in [0.15, 0.2) is 72.8 Å². The summed E-state index contributed by atoms with van der Waals surface area (Å²) in [5.41, 5.74) is 7.77. The lowest BCUT2D eigenvalue weighted by Gasteiger charge is -2.27. The van der Waals surface area contributed by atoms with Gasteiger partial charge in [0.25, 0.3) is 5.91 Å². The molecule has 0 aromatic heterocycles. The summed E-state index contributed by atoms with van der Waals surface area (Å²) >= 11 is 2.24. The second-order valence-electron chi connectivity index (χ2n) is 8.86. The highest BCUT2D eigenvalue weighted by atomic mass is 127. The fraction of sp³-hybridized carbons (Fsp3) is 0.250. The lowest BCUT2D eigenvalue weighted by molar-refractivity contribution is -0.116. The quantitative estimate of drug-likeness (QED) is 0.275. The first-order valence-electron chi connectivity index (χ1n) is 12.2. The van der Waals surface area contributed by atoms with E-state index in [0.717, 1.165) is 27.7 Å². The minimum Gasteiger partial charge on any atom is -0.457 e. The molecule has 1 unspecified atom stereocenters. The highest BCUT2D eigenvalue weighted by Crippen LogP contribution is 2.23. The molecule has 5 N–H and O–H groups in total. The molecule has 1 aliphatic rings. The Bertz CT molecular complexity index is 1250. The van der Waals surface area contributed by atoms with Crippen molar-refractivity contribution in [1.29, 1.82) is 5.41 Å². The van der Waals surface area contributed by atoms with E-state index >= 15 is 0 Å². The number of hydrogen-bond donors (Lipinski definition) is 4.